The van der Waals surface area contributed by atoms with Crippen LogP contribution in [0.4, 0.5) is 0 Å². The average Bonchev–Trinajstić information content (AvgIpc) is 2.89. The molecular weight excluding hydrogens is 164 g/mol. The molecule has 0 radical (unpaired) electrons. The van der Waals surface area contributed by atoms with Gasteiger partial charge >= 0.3 is 0 Å². The molecule has 3 atom stereocenters. The minimum Gasteiger partial charge on any atom is -0.361 e. The molecule has 0 bridgehead atoms. The second-order valence-electron chi connectivity index (χ2n) is 3.71. The highest BCUT2D eigenvalue weighted by atomic mass is 16.6. The Hall–Kier alpha value is -1.15. The Morgan fingerprint density at radius 2 is 2.00 bits per heavy atom. The highest BCUT2D eigenvalue weighted by Crippen LogP contribution is 2.45. The van der Waals surface area contributed by atoms with Gasteiger partial charge in [-0.2, -0.15) is 0 Å². The topological polar surface area (TPSA) is 29.6 Å². The number of carbonyl (C=O) groups excluding carboxylic acids is 1. The number of Topliss-reactive ketones (excluding diaryl/α,β-unsaturated/α-hetero) is 1. The molecule has 1 aliphatic heterocycles. The summed E-state index contributed by atoms with van der Waals surface area (Å²) in [4.78, 5) is 11.3. The second-order valence-corrected chi connectivity index (χ2v) is 3.71. The van der Waals surface area contributed by atoms with Gasteiger partial charge in [-0.15, -0.1) is 0 Å². The Morgan fingerprint density at radius 3 is 2.54 bits per heavy atom. The molecule has 1 saturated heterocycles. The summed E-state index contributed by atoms with van der Waals surface area (Å²) >= 11 is 0. The molecule has 0 aromatic heterocycles. The maximum absolute atomic E-state index is 11.3. The summed E-state index contributed by atoms with van der Waals surface area (Å²) in [6.45, 7) is 0. The van der Waals surface area contributed by atoms with Crippen molar-refractivity contribution in [2.24, 2.45) is 0 Å². The lowest BCUT2D eigenvalue weighted by Gasteiger charge is -2.08. The van der Waals surface area contributed by atoms with E-state index in [2.05, 4.69) is 12.1 Å². The summed E-state index contributed by atoms with van der Waals surface area (Å²) in [6, 6.07) is 10.2. The number of carbonyl (C=O) groups is 1. The van der Waals surface area contributed by atoms with Crippen molar-refractivity contribution in [3.8, 4) is 0 Å². The molecule has 2 fully saturated rings. The molecule has 66 valence electrons. The van der Waals surface area contributed by atoms with E-state index in [1.807, 2.05) is 18.2 Å². The zero-order valence-electron chi connectivity index (χ0n) is 7.14. The standard InChI is InChI=1S/C11H10O2/c12-9-6-8(10-11(9)13-10)7-4-2-1-3-5-7/h1-5,8,10-11H,6H2. The average molecular weight is 174 g/mol. The molecular formula is C11H10O2. The summed E-state index contributed by atoms with van der Waals surface area (Å²) in [5.41, 5.74) is 1.24. The fraction of sp³-hybridized carbons (Fsp3) is 0.364. The van der Waals surface area contributed by atoms with E-state index in [0.717, 1.165) is 0 Å². The monoisotopic (exact) mass is 174 g/mol. The van der Waals surface area contributed by atoms with E-state index in [1.165, 1.54) is 5.56 Å². The van der Waals surface area contributed by atoms with Crippen LogP contribution >= 0.6 is 0 Å². The quantitative estimate of drug-likeness (QED) is 0.604. The molecule has 13 heavy (non-hydrogen) atoms. The SMILES string of the molecule is O=C1CC(c2ccccc2)C2OC12. The Bertz CT molecular complexity index is 344. The third-order valence-electron chi connectivity index (χ3n) is 2.89. The van der Waals surface area contributed by atoms with E-state index in [9.17, 15) is 4.79 Å². The van der Waals surface area contributed by atoms with Crippen LogP contribution < -0.4 is 0 Å². The second kappa shape index (κ2) is 2.42. The molecule has 2 aliphatic rings. The Balaban J connectivity index is 1.91. The largest absolute Gasteiger partial charge is 0.361 e. The maximum Gasteiger partial charge on any atom is 0.164 e. The van der Waals surface area contributed by atoms with Gasteiger partial charge in [0.05, 0.1) is 6.10 Å². The first-order valence-corrected chi connectivity index (χ1v) is 4.59. The van der Waals surface area contributed by atoms with Gasteiger partial charge in [-0.3, -0.25) is 4.79 Å². The predicted molar refractivity (Wildman–Crippen MR) is 47.5 cm³/mol. The molecule has 0 N–H and O–H groups in total. The predicted octanol–water partition coefficient (Wildman–Crippen LogP) is 1.51. The molecule has 2 nitrogen and oxygen atoms in total. The fourth-order valence-corrected chi connectivity index (χ4v) is 2.15. The molecule has 2 heteroatoms. The Morgan fingerprint density at radius 1 is 1.23 bits per heavy atom. The van der Waals surface area contributed by atoms with Crippen LogP contribution in [-0.2, 0) is 9.53 Å². The smallest absolute Gasteiger partial charge is 0.164 e. The first-order chi connectivity index (χ1) is 6.36. The Labute approximate surface area is 76.5 Å². The van der Waals surface area contributed by atoms with Gasteiger partial charge in [0.25, 0.3) is 0 Å². The molecule has 3 unspecified atom stereocenters. The highest BCUT2D eigenvalue weighted by molar-refractivity contribution is 5.90. The van der Waals surface area contributed by atoms with Gasteiger partial charge in [-0.25, -0.2) is 0 Å². The van der Waals surface area contributed by atoms with Crippen LogP contribution in [0.15, 0.2) is 30.3 Å². The number of ketones is 1. The van der Waals surface area contributed by atoms with Gasteiger partial charge in [0.2, 0.25) is 0 Å². The first-order valence-electron chi connectivity index (χ1n) is 4.59. The van der Waals surface area contributed by atoms with Gasteiger partial charge in [-0.05, 0) is 5.56 Å². The van der Waals surface area contributed by atoms with Crippen LogP contribution in [0.5, 0.6) is 0 Å². The summed E-state index contributed by atoms with van der Waals surface area (Å²) in [7, 11) is 0. The third-order valence-corrected chi connectivity index (χ3v) is 2.89. The molecule has 1 aliphatic carbocycles. The summed E-state index contributed by atoms with van der Waals surface area (Å²) < 4.78 is 5.28. The number of hydrogen-bond donors (Lipinski definition) is 0. The fourth-order valence-electron chi connectivity index (χ4n) is 2.15. The number of rotatable bonds is 1. The van der Waals surface area contributed by atoms with E-state index in [-0.39, 0.29) is 18.0 Å². The van der Waals surface area contributed by atoms with E-state index in [1.54, 1.807) is 0 Å². The molecule has 0 amide bonds. The van der Waals surface area contributed by atoms with Gasteiger partial charge in [0.15, 0.2) is 5.78 Å². The van der Waals surface area contributed by atoms with Crippen molar-refractivity contribution in [2.75, 3.05) is 0 Å². The van der Waals surface area contributed by atoms with Crippen molar-refractivity contribution in [1.82, 2.24) is 0 Å². The van der Waals surface area contributed by atoms with Gasteiger partial charge < -0.3 is 4.74 Å². The van der Waals surface area contributed by atoms with Crippen LogP contribution in [-0.4, -0.2) is 18.0 Å². The number of epoxide rings is 1. The van der Waals surface area contributed by atoms with E-state index < -0.39 is 0 Å². The molecule has 1 saturated carbocycles. The van der Waals surface area contributed by atoms with Gasteiger partial charge in [0, 0.05) is 12.3 Å². The number of ether oxygens (including phenoxy) is 1. The van der Waals surface area contributed by atoms with Crippen LogP contribution in [0.3, 0.4) is 0 Å². The van der Waals surface area contributed by atoms with Crippen molar-refractivity contribution < 1.29 is 9.53 Å². The summed E-state index contributed by atoms with van der Waals surface area (Å²) in [5.74, 6) is 0.595. The molecule has 0 spiro atoms. The van der Waals surface area contributed by atoms with Crippen molar-refractivity contribution in [3.05, 3.63) is 35.9 Å². The Kier molecular flexibility index (Phi) is 1.35. The van der Waals surface area contributed by atoms with Crippen molar-refractivity contribution >= 4 is 5.78 Å². The molecule has 3 rings (SSSR count). The first kappa shape index (κ1) is 7.27. The molecule has 1 heterocycles. The van der Waals surface area contributed by atoms with Crippen LogP contribution in [0.25, 0.3) is 0 Å². The zero-order chi connectivity index (χ0) is 8.84. The number of hydrogen-bond acceptors (Lipinski definition) is 2. The summed E-state index contributed by atoms with van der Waals surface area (Å²) in [5, 5.41) is 0. The van der Waals surface area contributed by atoms with Crippen molar-refractivity contribution in [2.45, 2.75) is 24.5 Å². The number of benzene rings is 1. The van der Waals surface area contributed by atoms with E-state index in [4.69, 9.17) is 4.74 Å². The minimum absolute atomic E-state index is 0.0646. The van der Waals surface area contributed by atoms with Crippen LogP contribution in [0, 0.1) is 0 Å². The lowest BCUT2D eigenvalue weighted by atomic mass is 9.97. The van der Waals surface area contributed by atoms with Crippen LogP contribution in [0.1, 0.15) is 17.9 Å². The van der Waals surface area contributed by atoms with E-state index >= 15 is 0 Å². The lowest BCUT2D eigenvalue weighted by Crippen LogP contribution is -2.03. The third kappa shape index (κ3) is 1.02. The zero-order valence-corrected chi connectivity index (χ0v) is 7.14. The van der Waals surface area contributed by atoms with Crippen molar-refractivity contribution in [3.63, 3.8) is 0 Å². The molecule has 1 aromatic carbocycles. The highest BCUT2D eigenvalue weighted by Gasteiger charge is 2.56. The van der Waals surface area contributed by atoms with E-state index in [0.29, 0.717) is 12.3 Å². The maximum atomic E-state index is 11.3. The minimum atomic E-state index is -0.0646. The number of fused-ring (bicyclic) bond motifs is 1. The van der Waals surface area contributed by atoms with Crippen LogP contribution in [0.2, 0.25) is 0 Å². The summed E-state index contributed by atoms with van der Waals surface area (Å²) in [6.07, 6.45) is 0.791. The van der Waals surface area contributed by atoms with Gasteiger partial charge in [0.1, 0.15) is 6.10 Å². The normalized spacial score (nSPS) is 36.0. The lowest BCUT2D eigenvalue weighted by molar-refractivity contribution is -0.120. The molecule has 1 aromatic rings. The van der Waals surface area contributed by atoms with Gasteiger partial charge in [-0.1, -0.05) is 30.3 Å². The van der Waals surface area contributed by atoms with Crippen molar-refractivity contribution in [1.29, 1.82) is 0 Å².